The van der Waals surface area contributed by atoms with Crippen molar-refractivity contribution in [3.8, 4) is 0 Å². The van der Waals surface area contributed by atoms with Gasteiger partial charge in [-0.15, -0.1) is 34.9 Å². The number of carboxylic acid groups (broad SMARTS) is 1. The molecule has 1 saturated carbocycles. The fraction of sp³-hybridized carbons (Fsp3) is 0.304. The number of oxime groups is 1. The number of pyridine rings is 1. The van der Waals surface area contributed by atoms with Gasteiger partial charge in [-0.2, -0.15) is 0 Å². The zero-order valence-corrected chi connectivity index (χ0v) is 24.7. The maximum atomic E-state index is 13.0. The molecule has 3 aliphatic rings. The molecule has 2 amide bonds. The zero-order chi connectivity index (χ0) is 25.9. The number of nitrogen functional groups attached to an aromatic ring is 1. The van der Waals surface area contributed by atoms with Crippen LogP contribution < -0.4 is 45.7 Å². The van der Waals surface area contributed by atoms with E-state index in [9.17, 15) is 19.5 Å². The number of hydrogen-bond donors (Lipinski definition) is 2. The first kappa shape index (κ1) is 28.6. The molecule has 0 bridgehead atoms. The fourth-order valence-corrected chi connectivity index (χ4v) is 6.46. The van der Waals surface area contributed by atoms with E-state index in [0.717, 1.165) is 29.7 Å². The predicted octanol–water partition coefficient (Wildman–Crippen LogP) is -2.18. The molecule has 1 saturated heterocycles. The standard InChI is InChI=1S/C23H22N6O5S3.Na/c24-23-26-15(11-37-23)16(28-34-14-3-4-14)19(30)27-17-20(31)29-18(22(32)33)13(10-36-21(17)29)9-35-7-5-12-2-1-6-25-8-12;/h1-2,5-8,11,14,17,21H,3-4,9-10H2,(H2,24,26)(H,27,30)(H,32,33);/q;+1/p-1/b7-5-,28-16?;/t17-,21-;/m1./s1. The molecule has 0 aromatic carbocycles. The van der Waals surface area contributed by atoms with Crippen LogP contribution in [0.5, 0.6) is 0 Å². The van der Waals surface area contributed by atoms with Gasteiger partial charge in [-0.05, 0) is 41.5 Å². The fourth-order valence-electron chi connectivity index (χ4n) is 3.64. The molecular formula is C23H21N6NaO5S3. The summed E-state index contributed by atoms with van der Waals surface area (Å²) in [6, 6.07) is 2.81. The Labute approximate surface area is 252 Å². The van der Waals surface area contributed by atoms with Crippen LogP contribution in [0.25, 0.3) is 6.08 Å². The van der Waals surface area contributed by atoms with E-state index < -0.39 is 29.2 Å². The van der Waals surface area contributed by atoms with E-state index in [4.69, 9.17) is 10.6 Å². The average Bonchev–Trinajstić information content (AvgIpc) is 3.63. The van der Waals surface area contributed by atoms with E-state index >= 15 is 0 Å². The number of carbonyl (C=O) groups excluding carboxylic acids is 3. The summed E-state index contributed by atoms with van der Waals surface area (Å²) < 4.78 is 0. The van der Waals surface area contributed by atoms with Gasteiger partial charge in [0.15, 0.2) is 10.8 Å². The number of nitrogens with two attached hydrogens (primary N) is 1. The maximum absolute atomic E-state index is 13.0. The molecule has 192 valence electrons. The van der Waals surface area contributed by atoms with Crippen molar-refractivity contribution in [1.82, 2.24) is 20.2 Å². The first-order chi connectivity index (χ1) is 17.9. The van der Waals surface area contributed by atoms with E-state index in [-0.39, 0.29) is 57.9 Å². The molecule has 0 spiro atoms. The molecule has 2 atom stereocenters. The van der Waals surface area contributed by atoms with E-state index in [0.29, 0.717) is 17.1 Å². The topological polar surface area (TPSA) is 163 Å². The number of amides is 2. The average molecular weight is 581 g/mol. The second-order valence-corrected chi connectivity index (χ2v) is 11.2. The Morgan fingerprint density at radius 1 is 1.39 bits per heavy atom. The summed E-state index contributed by atoms with van der Waals surface area (Å²) in [6.45, 7) is 0. The van der Waals surface area contributed by atoms with Gasteiger partial charge in [0.05, 0.1) is 11.7 Å². The third-order valence-corrected chi connectivity index (χ3v) is 8.48. The van der Waals surface area contributed by atoms with E-state index in [1.165, 1.54) is 28.4 Å². The van der Waals surface area contributed by atoms with Crippen LogP contribution in [0.15, 0.2) is 51.7 Å². The molecule has 38 heavy (non-hydrogen) atoms. The van der Waals surface area contributed by atoms with Crippen molar-refractivity contribution in [2.24, 2.45) is 5.16 Å². The van der Waals surface area contributed by atoms with E-state index in [1.54, 1.807) is 17.8 Å². The van der Waals surface area contributed by atoms with Gasteiger partial charge in [-0.25, -0.2) is 4.98 Å². The smallest absolute Gasteiger partial charge is 0.543 e. The first-order valence-electron chi connectivity index (χ1n) is 11.2. The molecule has 4 heterocycles. The number of carboxylic acids is 1. The van der Waals surface area contributed by atoms with Gasteiger partial charge < -0.3 is 25.8 Å². The Morgan fingerprint density at radius 2 is 2.21 bits per heavy atom. The van der Waals surface area contributed by atoms with E-state index in [2.05, 4.69) is 20.4 Å². The van der Waals surface area contributed by atoms with Crippen LogP contribution in [-0.4, -0.2) is 67.4 Å². The number of rotatable bonds is 10. The number of nitrogens with zero attached hydrogens (tertiary/aromatic N) is 4. The van der Waals surface area contributed by atoms with Crippen molar-refractivity contribution < 1.29 is 53.9 Å². The number of β-lactam (4-membered cyclic amide) rings is 1. The van der Waals surface area contributed by atoms with Crippen LogP contribution in [0.4, 0.5) is 5.13 Å². The second kappa shape index (κ2) is 12.7. The van der Waals surface area contributed by atoms with Gasteiger partial charge in [-0.3, -0.25) is 19.5 Å². The monoisotopic (exact) mass is 580 g/mol. The van der Waals surface area contributed by atoms with Crippen LogP contribution in [0.2, 0.25) is 0 Å². The number of aromatic nitrogens is 2. The second-order valence-electron chi connectivity index (χ2n) is 8.32. The molecule has 3 N–H and O–H groups in total. The number of carbonyl (C=O) groups is 3. The minimum atomic E-state index is -1.42. The van der Waals surface area contributed by atoms with Gasteiger partial charge in [-0.1, -0.05) is 11.2 Å². The summed E-state index contributed by atoms with van der Waals surface area (Å²) in [5.74, 6) is -1.84. The molecule has 0 unspecified atom stereocenters. The molecule has 11 nitrogen and oxygen atoms in total. The summed E-state index contributed by atoms with van der Waals surface area (Å²) in [6.07, 6.45) is 6.93. The molecule has 2 aliphatic heterocycles. The Kier molecular flexibility index (Phi) is 9.54. The minimum absolute atomic E-state index is 0. The van der Waals surface area contributed by atoms with Crippen molar-refractivity contribution in [3.05, 3.63) is 57.8 Å². The van der Waals surface area contributed by atoms with Gasteiger partial charge in [0.2, 0.25) is 0 Å². The van der Waals surface area contributed by atoms with Gasteiger partial charge in [0.1, 0.15) is 23.2 Å². The predicted molar refractivity (Wildman–Crippen MR) is 140 cm³/mol. The van der Waals surface area contributed by atoms with Crippen molar-refractivity contribution in [1.29, 1.82) is 0 Å². The third kappa shape index (κ3) is 6.43. The van der Waals surface area contributed by atoms with Crippen LogP contribution in [-0.2, 0) is 19.2 Å². The number of thiazole rings is 1. The summed E-state index contributed by atoms with van der Waals surface area (Å²) in [5.41, 5.74) is 7.23. The molecule has 5 rings (SSSR count). The Balaban J connectivity index is 0.00000336. The number of anilines is 1. The summed E-state index contributed by atoms with van der Waals surface area (Å²) >= 11 is 3.94. The van der Waals surface area contributed by atoms with Crippen LogP contribution >= 0.6 is 34.9 Å². The maximum Gasteiger partial charge on any atom is 1.00 e. The largest absolute Gasteiger partial charge is 1.00 e. The SMILES string of the molecule is Nc1nc(C(=NOC2CC2)C(=O)N[C@@H]2C(=O)N3C(C(=O)[O-])=C(CS/C=C\c4cccnc4)CS[C@H]23)cs1.[Na+]. The van der Waals surface area contributed by atoms with Gasteiger partial charge in [0.25, 0.3) is 11.8 Å². The van der Waals surface area contributed by atoms with Crippen molar-refractivity contribution in [2.45, 2.75) is 30.4 Å². The number of thioether (sulfide) groups is 2. The van der Waals surface area contributed by atoms with Crippen LogP contribution in [0.3, 0.4) is 0 Å². The zero-order valence-electron chi connectivity index (χ0n) is 20.2. The van der Waals surface area contributed by atoms with Crippen molar-refractivity contribution in [2.75, 3.05) is 17.2 Å². The molecule has 0 radical (unpaired) electrons. The Hall–Kier alpha value is -2.36. The Bertz CT molecular complexity index is 1310. The molecule has 1 aliphatic carbocycles. The molecule has 2 aromatic heterocycles. The number of aliphatic carboxylic acids is 1. The quantitative estimate of drug-likeness (QED) is 0.137. The van der Waals surface area contributed by atoms with Crippen molar-refractivity contribution in [3.63, 3.8) is 0 Å². The number of nitrogens with one attached hydrogen (secondary N) is 1. The Morgan fingerprint density at radius 3 is 2.87 bits per heavy atom. The van der Waals surface area contributed by atoms with Crippen molar-refractivity contribution >= 4 is 69.6 Å². The molecular weight excluding hydrogens is 559 g/mol. The molecule has 2 fully saturated rings. The van der Waals surface area contributed by atoms with Crippen LogP contribution in [0.1, 0.15) is 24.1 Å². The van der Waals surface area contributed by atoms with Gasteiger partial charge >= 0.3 is 29.6 Å². The normalized spacial score (nSPS) is 21.0. The van der Waals surface area contributed by atoms with Gasteiger partial charge in [0, 0.05) is 29.3 Å². The van der Waals surface area contributed by atoms with E-state index in [1.807, 2.05) is 23.6 Å². The first-order valence-corrected chi connectivity index (χ1v) is 14.2. The van der Waals surface area contributed by atoms with Crippen LogP contribution in [0, 0.1) is 0 Å². The minimum Gasteiger partial charge on any atom is -0.543 e. The molecule has 2 aromatic rings. The molecule has 15 heteroatoms. The summed E-state index contributed by atoms with van der Waals surface area (Å²) in [7, 11) is 0. The number of fused-ring (bicyclic) bond motifs is 1. The number of hydrogen-bond acceptors (Lipinski definition) is 12. The summed E-state index contributed by atoms with van der Waals surface area (Å²) in [5, 5.41) is 21.7. The summed E-state index contributed by atoms with van der Waals surface area (Å²) in [4.78, 5) is 52.7. The third-order valence-electron chi connectivity index (χ3n) is 5.62.